The molecule has 0 atom stereocenters. The summed E-state index contributed by atoms with van der Waals surface area (Å²) in [6.45, 7) is 0. The van der Waals surface area contributed by atoms with E-state index in [-0.39, 0.29) is 0 Å². The van der Waals surface area contributed by atoms with Crippen LogP contribution in [-0.2, 0) is 17.1 Å². The van der Waals surface area contributed by atoms with Gasteiger partial charge in [-0.1, -0.05) is 54.6 Å². The number of amides is 1. The molecule has 0 saturated heterocycles. The zero-order chi connectivity index (χ0) is 28.0. The number of pyridine rings is 1. The van der Waals surface area contributed by atoms with Gasteiger partial charge in [-0.2, -0.15) is 26.3 Å². The van der Waals surface area contributed by atoms with Crippen molar-refractivity contribution in [1.29, 1.82) is 0 Å². The molecular weight excluding hydrogens is 518 g/mol. The lowest BCUT2D eigenvalue weighted by atomic mass is 9.95. The summed E-state index contributed by atoms with van der Waals surface area (Å²) in [4.78, 5) is 16.6. The van der Waals surface area contributed by atoms with Crippen LogP contribution in [0.15, 0.2) is 116 Å². The van der Waals surface area contributed by atoms with Crippen molar-refractivity contribution in [1.82, 2.24) is 4.98 Å². The number of anilines is 1. The number of nitrogens with one attached hydrogen (secondary N) is 1. The van der Waals surface area contributed by atoms with Crippen LogP contribution in [0, 0.1) is 0 Å². The normalized spacial score (nSPS) is 11.8. The third-order valence-corrected chi connectivity index (χ3v) is 5.68. The number of nitrogens with zero attached hydrogens (tertiary/aromatic N) is 1. The second-order valence-corrected chi connectivity index (χ2v) is 8.40. The Labute approximate surface area is 220 Å². The Hall–Kier alpha value is -4.66. The number of aromatic nitrogens is 1. The summed E-state index contributed by atoms with van der Waals surface area (Å²) >= 11 is 0. The molecule has 9 heteroatoms. The molecule has 0 spiro atoms. The maximum absolute atomic E-state index is 13.0. The van der Waals surface area contributed by atoms with Gasteiger partial charge in [-0.15, -0.1) is 0 Å². The molecule has 3 nitrogen and oxygen atoms in total. The van der Waals surface area contributed by atoms with Crippen LogP contribution in [0.3, 0.4) is 0 Å². The van der Waals surface area contributed by atoms with Crippen molar-refractivity contribution >= 4 is 17.2 Å². The molecule has 1 amide bonds. The standard InChI is InChI=1S/C30H20F6N2O/c31-29(32,33)24-13-9-20(10-14-24)27(21-11-15-25(16-12-21)30(34,35)36)7-2-8-28(39)38-26-6-1-4-22(18-26)23-5-3-17-37-19-23/h1-19H,(H,38,39)/b8-2+. The molecule has 0 aliphatic heterocycles. The maximum Gasteiger partial charge on any atom is 0.416 e. The van der Waals surface area contributed by atoms with Gasteiger partial charge in [0.2, 0.25) is 5.91 Å². The molecular formula is C30H20F6N2O. The number of allylic oxidation sites excluding steroid dienone is 2. The second-order valence-electron chi connectivity index (χ2n) is 8.40. The van der Waals surface area contributed by atoms with Gasteiger partial charge in [0.05, 0.1) is 11.1 Å². The van der Waals surface area contributed by atoms with E-state index in [1.165, 1.54) is 42.5 Å². The number of benzene rings is 3. The van der Waals surface area contributed by atoms with E-state index in [0.29, 0.717) is 22.4 Å². The Bertz CT molecular complexity index is 1430. The van der Waals surface area contributed by atoms with E-state index in [2.05, 4.69) is 10.3 Å². The zero-order valence-corrected chi connectivity index (χ0v) is 20.1. The third-order valence-electron chi connectivity index (χ3n) is 5.68. The molecule has 0 unspecified atom stereocenters. The minimum Gasteiger partial charge on any atom is -0.322 e. The van der Waals surface area contributed by atoms with Crippen LogP contribution in [0.4, 0.5) is 32.0 Å². The van der Waals surface area contributed by atoms with E-state index in [1.807, 2.05) is 12.1 Å². The van der Waals surface area contributed by atoms with Crippen LogP contribution < -0.4 is 5.32 Å². The van der Waals surface area contributed by atoms with E-state index >= 15 is 0 Å². The van der Waals surface area contributed by atoms with Gasteiger partial charge >= 0.3 is 12.4 Å². The Morgan fingerprint density at radius 3 is 1.79 bits per heavy atom. The van der Waals surface area contributed by atoms with Crippen LogP contribution in [0.25, 0.3) is 16.7 Å². The second kappa shape index (κ2) is 11.4. The fourth-order valence-corrected chi connectivity index (χ4v) is 3.76. The number of hydrogen-bond donors (Lipinski definition) is 1. The van der Waals surface area contributed by atoms with E-state index in [1.54, 1.807) is 36.7 Å². The summed E-state index contributed by atoms with van der Waals surface area (Å²) in [7, 11) is 0. The van der Waals surface area contributed by atoms with Crippen molar-refractivity contribution in [2.75, 3.05) is 5.32 Å². The molecule has 0 radical (unpaired) electrons. The molecule has 0 saturated carbocycles. The summed E-state index contributed by atoms with van der Waals surface area (Å²) < 4.78 is 78.1. The number of carbonyl (C=O) groups excluding carboxylic acids is 1. The molecule has 0 aliphatic carbocycles. The minimum atomic E-state index is -4.54. The van der Waals surface area contributed by atoms with Crippen molar-refractivity contribution in [3.63, 3.8) is 0 Å². The highest BCUT2D eigenvalue weighted by atomic mass is 19.4. The molecule has 198 valence electrons. The van der Waals surface area contributed by atoms with Crippen molar-refractivity contribution in [3.05, 3.63) is 138 Å². The smallest absolute Gasteiger partial charge is 0.322 e. The lowest BCUT2D eigenvalue weighted by Gasteiger charge is -2.12. The SMILES string of the molecule is O=C(/C=C/C=C(c1ccc(C(F)(F)F)cc1)c1ccc(C(F)(F)F)cc1)Nc1cccc(-c2cccnc2)c1. The van der Waals surface area contributed by atoms with Crippen molar-refractivity contribution in [3.8, 4) is 11.1 Å². The average Bonchev–Trinajstić information content (AvgIpc) is 2.91. The Kier molecular flexibility index (Phi) is 7.99. The van der Waals surface area contributed by atoms with Crippen molar-refractivity contribution in [2.24, 2.45) is 0 Å². The topological polar surface area (TPSA) is 42.0 Å². The summed E-state index contributed by atoms with van der Waals surface area (Å²) in [5, 5.41) is 2.73. The average molecular weight is 538 g/mol. The Morgan fingerprint density at radius 2 is 1.28 bits per heavy atom. The van der Waals surface area contributed by atoms with Gasteiger partial charge in [0.15, 0.2) is 0 Å². The highest BCUT2D eigenvalue weighted by Gasteiger charge is 2.31. The van der Waals surface area contributed by atoms with Gasteiger partial charge in [-0.25, -0.2) is 0 Å². The molecule has 39 heavy (non-hydrogen) atoms. The van der Waals surface area contributed by atoms with E-state index in [9.17, 15) is 31.1 Å². The van der Waals surface area contributed by atoms with Gasteiger partial charge < -0.3 is 5.32 Å². The zero-order valence-electron chi connectivity index (χ0n) is 20.1. The van der Waals surface area contributed by atoms with Crippen LogP contribution >= 0.6 is 0 Å². The van der Waals surface area contributed by atoms with Gasteiger partial charge in [0, 0.05) is 29.7 Å². The molecule has 1 N–H and O–H groups in total. The molecule has 4 aromatic rings. The molecule has 3 aromatic carbocycles. The molecule has 1 heterocycles. The predicted octanol–water partition coefficient (Wildman–Crippen LogP) is 8.41. The summed E-state index contributed by atoms with van der Waals surface area (Å²) in [6.07, 6.45) is -1.69. The molecule has 1 aromatic heterocycles. The van der Waals surface area contributed by atoms with E-state index < -0.39 is 29.4 Å². The summed E-state index contributed by atoms with van der Waals surface area (Å²) in [5.41, 5.74) is 1.51. The molecule has 0 fully saturated rings. The van der Waals surface area contributed by atoms with Gasteiger partial charge in [-0.05, 0) is 64.7 Å². The van der Waals surface area contributed by atoms with E-state index in [0.717, 1.165) is 35.4 Å². The van der Waals surface area contributed by atoms with Crippen LogP contribution in [0.2, 0.25) is 0 Å². The highest BCUT2D eigenvalue weighted by molar-refractivity contribution is 6.00. The lowest BCUT2D eigenvalue weighted by Crippen LogP contribution is -2.07. The maximum atomic E-state index is 13.0. The first kappa shape index (κ1) is 27.4. The quantitative estimate of drug-likeness (QED) is 0.152. The van der Waals surface area contributed by atoms with Gasteiger partial charge in [0.1, 0.15) is 0 Å². The van der Waals surface area contributed by atoms with Gasteiger partial charge in [-0.3, -0.25) is 9.78 Å². The van der Waals surface area contributed by atoms with Crippen molar-refractivity contribution < 1.29 is 31.1 Å². The minimum absolute atomic E-state index is 0.331. The summed E-state index contributed by atoms with van der Waals surface area (Å²) in [5.74, 6) is -0.478. The number of rotatable bonds is 6. The first-order valence-corrected chi connectivity index (χ1v) is 11.6. The number of hydrogen-bond acceptors (Lipinski definition) is 2. The Morgan fingerprint density at radius 1 is 0.718 bits per heavy atom. The summed E-state index contributed by atoms with van der Waals surface area (Å²) in [6, 6.07) is 19.2. The van der Waals surface area contributed by atoms with Crippen LogP contribution in [0.5, 0.6) is 0 Å². The number of halogens is 6. The van der Waals surface area contributed by atoms with Crippen LogP contribution in [-0.4, -0.2) is 10.9 Å². The monoisotopic (exact) mass is 538 g/mol. The predicted molar refractivity (Wildman–Crippen MR) is 137 cm³/mol. The number of alkyl halides is 6. The molecule has 4 rings (SSSR count). The van der Waals surface area contributed by atoms with Crippen molar-refractivity contribution in [2.45, 2.75) is 12.4 Å². The fraction of sp³-hybridized carbons (Fsp3) is 0.0667. The lowest BCUT2D eigenvalue weighted by molar-refractivity contribution is -0.138. The number of carbonyl (C=O) groups is 1. The first-order valence-electron chi connectivity index (χ1n) is 11.6. The molecule has 0 bridgehead atoms. The highest BCUT2D eigenvalue weighted by Crippen LogP contribution is 2.33. The van der Waals surface area contributed by atoms with E-state index in [4.69, 9.17) is 0 Å². The fourth-order valence-electron chi connectivity index (χ4n) is 3.76. The Balaban J connectivity index is 1.58. The van der Waals surface area contributed by atoms with Gasteiger partial charge in [0.25, 0.3) is 0 Å². The third kappa shape index (κ3) is 7.22. The largest absolute Gasteiger partial charge is 0.416 e. The van der Waals surface area contributed by atoms with Crippen LogP contribution in [0.1, 0.15) is 22.3 Å². The first-order chi connectivity index (χ1) is 18.5. The molecule has 0 aliphatic rings.